The highest BCUT2D eigenvalue weighted by Crippen LogP contribution is 2.07. The van der Waals surface area contributed by atoms with Crippen molar-refractivity contribution in [2.24, 2.45) is 0 Å². The maximum Gasteiger partial charge on any atom is 0.194 e. The minimum absolute atomic E-state index is 0.0706. The van der Waals surface area contributed by atoms with Crippen molar-refractivity contribution < 1.29 is 0 Å². The third-order valence-corrected chi connectivity index (χ3v) is 2.27. The average molecular weight is 206 g/mol. The minimum Gasteiger partial charge on any atom is -0.351 e. The molecule has 0 amide bonds. The topological polar surface area (TPSA) is 60.8 Å². The standard InChI is InChI=1S/C11H18N4/c1-4-11(2,3)15-10(12)14-9-7-5-6-8-13-9/h5-8H,4H2,1-3H3,(H3,12,13,14,15). The van der Waals surface area contributed by atoms with Crippen LogP contribution in [0.4, 0.5) is 5.82 Å². The number of guanidine groups is 1. The molecule has 0 aliphatic rings. The Kier molecular flexibility index (Phi) is 3.66. The molecule has 0 fully saturated rings. The molecule has 15 heavy (non-hydrogen) atoms. The second-order valence-electron chi connectivity index (χ2n) is 4.08. The first-order valence-electron chi connectivity index (χ1n) is 5.08. The predicted molar refractivity (Wildman–Crippen MR) is 63.1 cm³/mol. The molecular weight excluding hydrogens is 188 g/mol. The Morgan fingerprint density at radius 3 is 2.73 bits per heavy atom. The van der Waals surface area contributed by atoms with Crippen molar-refractivity contribution in [1.82, 2.24) is 10.3 Å². The van der Waals surface area contributed by atoms with Crippen molar-refractivity contribution in [2.75, 3.05) is 5.32 Å². The third kappa shape index (κ3) is 3.97. The van der Waals surface area contributed by atoms with E-state index < -0.39 is 0 Å². The molecule has 4 heteroatoms. The van der Waals surface area contributed by atoms with Gasteiger partial charge in [-0.05, 0) is 32.4 Å². The van der Waals surface area contributed by atoms with E-state index in [4.69, 9.17) is 5.41 Å². The van der Waals surface area contributed by atoms with E-state index in [9.17, 15) is 0 Å². The molecule has 1 aromatic rings. The predicted octanol–water partition coefficient (Wildman–Crippen LogP) is 2.21. The van der Waals surface area contributed by atoms with Gasteiger partial charge in [0.15, 0.2) is 5.96 Å². The van der Waals surface area contributed by atoms with Crippen molar-refractivity contribution in [3.63, 3.8) is 0 Å². The molecule has 0 bridgehead atoms. The molecule has 0 aliphatic heterocycles. The second kappa shape index (κ2) is 4.77. The Labute approximate surface area is 90.6 Å². The zero-order valence-corrected chi connectivity index (χ0v) is 9.46. The van der Waals surface area contributed by atoms with Gasteiger partial charge in [-0.3, -0.25) is 5.41 Å². The molecule has 0 radical (unpaired) electrons. The molecular formula is C11H18N4. The summed E-state index contributed by atoms with van der Waals surface area (Å²) in [5, 5.41) is 13.7. The zero-order chi connectivity index (χ0) is 11.3. The Morgan fingerprint density at radius 2 is 2.20 bits per heavy atom. The van der Waals surface area contributed by atoms with E-state index in [1.807, 2.05) is 18.2 Å². The quantitative estimate of drug-likeness (QED) is 0.525. The Balaban J connectivity index is 2.51. The molecule has 0 unspecified atom stereocenters. The number of nitrogens with one attached hydrogen (secondary N) is 3. The summed E-state index contributed by atoms with van der Waals surface area (Å²) in [4.78, 5) is 4.08. The summed E-state index contributed by atoms with van der Waals surface area (Å²) in [5.74, 6) is 0.961. The molecule has 82 valence electrons. The second-order valence-corrected chi connectivity index (χ2v) is 4.08. The average Bonchev–Trinajstić information content (AvgIpc) is 2.18. The molecule has 1 heterocycles. The first-order valence-corrected chi connectivity index (χ1v) is 5.08. The van der Waals surface area contributed by atoms with E-state index in [-0.39, 0.29) is 11.5 Å². The van der Waals surface area contributed by atoms with Gasteiger partial charge in [-0.15, -0.1) is 0 Å². The van der Waals surface area contributed by atoms with Gasteiger partial charge < -0.3 is 10.6 Å². The van der Waals surface area contributed by atoms with Crippen molar-refractivity contribution in [1.29, 1.82) is 5.41 Å². The lowest BCUT2D eigenvalue weighted by Crippen LogP contribution is -2.45. The van der Waals surface area contributed by atoms with Crippen LogP contribution < -0.4 is 10.6 Å². The zero-order valence-electron chi connectivity index (χ0n) is 9.46. The van der Waals surface area contributed by atoms with Gasteiger partial charge in [-0.1, -0.05) is 13.0 Å². The summed E-state index contributed by atoms with van der Waals surface area (Å²) in [6.07, 6.45) is 2.65. The number of aromatic nitrogens is 1. The van der Waals surface area contributed by atoms with E-state index in [0.717, 1.165) is 6.42 Å². The van der Waals surface area contributed by atoms with Gasteiger partial charge in [-0.2, -0.15) is 0 Å². The lowest BCUT2D eigenvalue weighted by Gasteiger charge is -2.26. The van der Waals surface area contributed by atoms with Gasteiger partial charge in [0.1, 0.15) is 5.82 Å². The van der Waals surface area contributed by atoms with Gasteiger partial charge in [0.25, 0.3) is 0 Å². The highest BCUT2D eigenvalue weighted by molar-refractivity contribution is 5.90. The van der Waals surface area contributed by atoms with Crippen LogP contribution in [0.3, 0.4) is 0 Å². The van der Waals surface area contributed by atoms with E-state index in [0.29, 0.717) is 5.82 Å². The fourth-order valence-electron chi connectivity index (χ4n) is 1.02. The Bertz CT molecular complexity index is 319. The molecule has 0 aliphatic carbocycles. The van der Waals surface area contributed by atoms with E-state index in [1.54, 1.807) is 6.20 Å². The van der Waals surface area contributed by atoms with Crippen LogP contribution in [0.2, 0.25) is 0 Å². The van der Waals surface area contributed by atoms with Gasteiger partial charge in [-0.25, -0.2) is 4.98 Å². The summed E-state index contributed by atoms with van der Waals surface area (Å²) >= 11 is 0. The summed E-state index contributed by atoms with van der Waals surface area (Å²) in [7, 11) is 0. The highest BCUT2D eigenvalue weighted by Gasteiger charge is 2.15. The van der Waals surface area contributed by atoms with Crippen molar-refractivity contribution >= 4 is 11.8 Å². The molecule has 0 atom stereocenters. The van der Waals surface area contributed by atoms with Gasteiger partial charge >= 0.3 is 0 Å². The van der Waals surface area contributed by atoms with E-state index in [1.165, 1.54) is 0 Å². The molecule has 1 aromatic heterocycles. The summed E-state index contributed by atoms with van der Waals surface area (Å²) < 4.78 is 0. The minimum atomic E-state index is -0.0706. The summed E-state index contributed by atoms with van der Waals surface area (Å²) in [5.41, 5.74) is -0.0706. The fraction of sp³-hybridized carbons (Fsp3) is 0.455. The van der Waals surface area contributed by atoms with Crippen LogP contribution >= 0.6 is 0 Å². The summed E-state index contributed by atoms with van der Waals surface area (Å²) in [6.45, 7) is 6.20. The normalized spacial score (nSPS) is 10.9. The molecule has 1 rings (SSSR count). The van der Waals surface area contributed by atoms with Crippen LogP contribution in [0, 0.1) is 5.41 Å². The molecule has 0 aromatic carbocycles. The summed E-state index contributed by atoms with van der Waals surface area (Å²) in [6, 6.07) is 5.56. The van der Waals surface area contributed by atoms with Crippen molar-refractivity contribution in [3.05, 3.63) is 24.4 Å². The lowest BCUT2D eigenvalue weighted by atomic mass is 10.0. The number of anilines is 1. The van der Waals surface area contributed by atoms with Crippen LogP contribution in [0.1, 0.15) is 27.2 Å². The van der Waals surface area contributed by atoms with Crippen LogP contribution in [0.15, 0.2) is 24.4 Å². The van der Waals surface area contributed by atoms with E-state index in [2.05, 4.69) is 36.4 Å². The number of rotatable bonds is 3. The van der Waals surface area contributed by atoms with Gasteiger partial charge in [0.05, 0.1) is 0 Å². The number of hydrogen-bond acceptors (Lipinski definition) is 2. The van der Waals surface area contributed by atoms with Gasteiger partial charge in [0.2, 0.25) is 0 Å². The molecule has 0 spiro atoms. The van der Waals surface area contributed by atoms with Crippen molar-refractivity contribution in [2.45, 2.75) is 32.7 Å². The number of hydrogen-bond donors (Lipinski definition) is 3. The lowest BCUT2D eigenvalue weighted by molar-refractivity contribution is 0.444. The maximum absolute atomic E-state index is 7.72. The largest absolute Gasteiger partial charge is 0.351 e. The van der Waals surface area contributed by atoms with E-state index >= 15 is 0 Å². The third-order valence-electron chi connectivity index (χ3n) is 2.27. The maximum atomic E-state index is 7.72. The Hall–Kier alpha value is -1.58. The van der Waals surface area contributed by atoms with Crippen LogP contribution in [-0.2, 0) is 0 Å². The molecule has 0 saturated heterocycles. The van der Waals surface area contributed by atoms with Gasteiger partial charge in [0, 0.05) is 11.7 Å². The smallest absolute Gasteiger partial charge is 0.194 e. The van der Waals surface area contributed by atoms with Crippen molar-refractivity contribution in [3.8, 4) is 0 Å². The first kappa shape index (κ1) is 11.5. The Morgan fingerprint density at radius 1 is 1.47 bits per heavy atom. The first-order chi connectivity index (χ1) is 7.03. The highest BCUT2D eigenvalue weighted by atomic mass is 15.2. The fourth-order valence-corrected chi connectivity index (χ4v) is 1.02. The van der Waals surface area contributed by atoms with Crippen LogP contribution in [-0.4, -0.2) is 16.5 Å². The monoisotopic (exact) mass is 206 g/mol. The van der Waals surface area contributed by atoms with Crippen LogP contribution in [0.5, 0.6) is 0 Å². The SMILES string of the molecule is CCC(C)(C)NC(=N)Nc1ccccn1. The van der Waals surface area contributed by atoms with Crippen LogP contribution in [0.25, 0.3) is 0 Å². The molecule has 4 nitrogen and oxygen atoms in total. The number of nitrogens with zero attached hydrogens (tertiary/aromatic N) is 1. The molecule has 0 saturated carbocycles. The number of pyridine rings is 1. The molecule has 3 N–H and O–H groups in total.